The molecule has 2 aromatic heterocycles. The zero-order valence-corrected chi connectivity index (χ0v) is 17.8. The van der Waals surface area contributed by atoms with Crippen LogP contribution in [0.4, 0.5) is 0 Å². The highest BCUT2D eigenvalue weighted by atomic mass is 32.1. The molecule has 0 radical (unpaired) electrons. The number of nitrogens with zero attached hydrogens (tertiary/aromatic N) is 4. The molecule has 0 aliphatic carbocycles. The number of aliphatic hydroxyl groups excluding tert-OH is 1. The van der Waals surface area contributed by atoms with Crippen LogP contribution in [0.25, 0.3) is 0 Å². The molecule has 1 fully saturated rings. The van der Waals surface area contributed by atoms with Crippen molar-refractivity contribution >= 4 is 23.0 Å². The third kappa shape index (κ3) is 3.88. The van der Waals surface area contributed by atoms with Crippen molar-refractivity contribution in [3.8, 4) is 0 Å². The van der Waals surface area contributed by atoms with Gasteiger partial charge in [0.15, 0.2) is 5.76 Å². The van der Waals surface area contributed by atoms with Crippen molar-refractivity contribution < 1.29 is 19.4 Å². The number of ether oxygens (including phenoxy) is 1. The van der Waals surface area contributed by atoms with Crippen LogP contribution >= 0.6 is 11.3 Å². The molecule has 0 spiro atoms. The van der Waals surface area contributed by atoms with Crippen LogP contribution in [0.2, 0.25) is 0 Å². The van der Waals surface area contributed by atoms with E-state index in [4.69, 9.17) is 4.74 Å². The second-order valence-electron chi connectivity index (χ2n) is 7.35. The van der Waals surface area contributed by atoms with Crippen LogP contribution in [0.1, 0.15) is 32.1 Å². The topological polar surface area (TPSA) is 95.9 Å². The van der Waals surface area contributed by atoms with Gasteiger partial charge in [0.1, 0.15) is 6.04 Å². The molecular formula is C21H24N4O4S. The van der Waals surface area contributed by atoms with Crippen LogP contribution in [0.3, 0.4) is 0 Å². The monoisotopic (exact) mass is 428 g/mol. The Bertz CT molecular complexity index is 982. The van der Waals surface area contributed by atoms with Crippen molar-refractivity contribution in [1.29, 1.82) is 0 Å². The lowest BCUT2D eigenvalue weighted by atomic mass is 9.98. The average molecular weight is 429 g/mol. The van der Waals surface area contributed by atoms with Gasteiger partial charge in [0.05, 0.1) is 40.1 Å². The molecule has 1 amide bonds. The lowest BCUT2D eigenvalue weighted by molar-refractivity contribution is -0.129. The fourth-order valence-corrected chi connectivity index (χ4v) is 4.77. The van der Waals surface area contributed by atoms with Crippen molar-refractivity contribution in [1.82, 2.24) is 19.8 Å². The molecule has 4 rings (SSSR count). The molecule has 4 heterocycles. The highest BCUT2D eigenvalue weighted by Crippen LogP contribution is 2.39. The molecule has 1 atom stereocenters. The van der Waals surface area contributed by atoms with Crippen LogP contribution in [0.15, 0.2) is 35.7 Å². The van der Waals surface area contributed by atoms with Gasteiger partial charge in [-0.3, -0.25) is 19.5 Å². The third-order valence-corrected chi connectivity index (χ3v) is 6.46. The first-order valence-electron chi connectivity index (χ1n) is 9.91. The average Bonchev–Trinajstić information content (AvgIpc) is 3.23. The van der Waals surface area contributed by atoms with E-state index in [0.717, 1.165) is 18.1 Å². The summed E-state index contributed by atoms with van der Waals surface area (Å²) in [5.74, 6) is -1.40. The van der Waals surface area contributed by atoms with Gasteiger partial charge in [0.25, 0.3) is 5.91 Å². The lowest BCUT2D eigenvalue weighted by Gasteiger charge is -2.31. The fourth-order valence-electron chi connectivity index (χ4n) is 3.90. The molecule has 0 bridgehead atoms. The number of ketones is 1. The zero-order valence-electron chi connectivity index (χ0n) is 17.0. The first-order valence-corrected chi connectivity index (χ1v) is 10.7. The number of carbonyl (C=O) groups is 2. The van der Waals surface area contributed by atoms with Gasteiger partial charge in [-0.1, -0.05) is 6.07 Å². The minimum Gasteiger partial charge on any atom is -0.503 e. The fraction of sp³-hybridized carbons (Fsp3) is 0.429. The van der Waals surface area contributed by atoms with Gasteiger partial charge in [-0.25, -0.2) is 4.98 Å². The molecular weight excluding hydrogens is 404 g/mol. The van der Waals surface area contributed by atoms with Gasteiger partial charge >= 0.3 is 0 Å². The van der Waals surface area contributed by atoms with E-state index in [9.17, 15) is 14.7 Å². The Hall–Kier alpha value is -2.62. The minimum atomic E-state index is -0.728. The number of hydrogen-bond acceptors (Lipinski definition) is 8. The summed E-state index contributed by atoms with van der Waals surface area (Å²) in [5.41, 5.74) is 1.23. The second kappa shape index (κ2) is 8.63. The molecule has 2 aromatic rings. The predicted octanol–water partition coefficient (Wildman–Crippen LogP) is 2.07. The quantitative estimate of drug-likeness (QED) is 0.704. The molecule has 0 aromatic carbocycles. The predicted molar refractivity (Wildman–Crippen MR) is 112 cm³/mol. The summed E-state index contributed by atoms with van der Waals surface area (Å²) in [6.45, 7) is 7.50. The molecule has 0 saturated carbocycles. The summed E-state index contributed by atoms with van der Waals surface area (Å²) in [4.78, 5) is 39.3. The van der Waals surface area contributed by atoms with E-state index in [0.29, 0.717) is 42.6 Å². The van der Waals surface area contributed by atoms with Crippen LogP contribution < -0.4 is 0 Å². The van der Waals surface area contributed by atoms with E-state index in [1.807, 2.05) is 13.0 Å². The van der Waals surface area contributed by atoms with E-state index in [1.165, 1.54) is 11.3 Å². The maximum absolute atomic E-state index is 13.4. The van der Waals surface area contributed by atoms with E-state index >= 15 is 0 Å². The molecule has 8 nitrogen and oxygen atoms in total. The van der Waals surface area contributed by atoms with Crippen molar-refractivity contribution in [3.05, 3.63) is 57.0 Å². The van der Waals surface area contributed by atoms with Crippen LogP contribution in [0, 0.1) is 13.8 Å². The SMILES string of the molecule is Cc1nc(C)c(C(=O)C2=C(O)C(=O)N(CCN3CCOCC3)C2c2ccccn2)s1. The molecule has 2 aliphatic rings. The normalized spacial score (nSPS) is 20.3. The highest BCUT2D eigenvalue weighted by Gasteiger charge is 2.45. The van der Waals surface area contributed by atoms with Gasteiger partial charge in [-0.05, 0) is 26.0 Å². The van der Waals surface area contributed by atoms with E-state index in [-0.39, 0.29) is 11.4 Å². The van der Waals surface area contributed by atoms with Crippen LogP contribution in [0.5, 0.6) is 0 Å². The largest absolute Gasteiger partial charge is 0.503 e. The number of hydrogen-bond donors (Lipinski definition) is 1. The zero-order chi connectivity index (χ0) is 21.3. The number of pyridine rings is 1. The maximum atomic E-state index is 13.4. The van der Waals surface area contributed by atoms with Crippen molar-refractivity contribution in [2.45, 2.75) is 19.9 Å². The van der Waals surface area contributed by atoms with Crippen molar-refractivity contribution in [3.63, 3.8) is 0 Å². The molecule has 9 heteroatoms. The first-order chi connectivity index (χ1) is 14.5. The molecule has 2 aliphatic heterocycles. The number of aromatic nitrogens is 2. The van der Waals surface area contributed by atoms with Gasteiger partial charge < -0.3 is 14.7 Å². The third-order valence-electron chi connectivity index (χ3n) is 5.39. The number of aliphatic hydroxyl groups is 1. The smallest absolute Gasteiger partial charge is 0.290 e. The van der Waals surface area contributed by atoms with Gasteiger partial charge in [0, 0.05) is 32.4 Å². The second-order valence-corrected chi connectivity index (χ2v) is 8.55. The molecule has 158 valence electrons. The Labute approximate surface area is 178 Å². The molecule has 1 saturated heterocycles. The van der Waals surface area contributed by atoms with E-state index < -0.39 is 17.7 Å². The number of aryl methyl sites for hydroxylation is 2. The van der Waals surface area contributed by atoms with Crippen LogP contribution in [-0.2, 0) is 9.53 Å². The highest BCUT2D eigenvalue weighted by molar-refractivity contribution is 7.14. The Balaban J connectivity index is 1.67. The molecule has 30 heavy (non-hydrogen) atoms. The van der Waals surface area contributed by atoms with Gasteiger partial charge in [-0.15, -0.1) is 11.3 Å². The molecule has 1 N–H and O–H groups in total. The van der Waals surface area contributed by atoms with Crippen molar-refractivity contribution in [2.24, 2.45) is 0 Å². The minimum absolute atomic E-state index is 0.0763. The Morgan fingerprint density at radius 2 is 2.03 bits per heavy atom. The van der Waals surface area contributed by atoms with E-state index in [2.05, 4.69) is 14.9 Å². The summed E-state index contributed by atoms with van der Waals surface area (Å²) in [6, 6.07) is 4.64. The number of carbonyl (C=O) groups excluding carboxylic acids is 2. The maximum Gasteiger partial charge on any atom is 0.290 e. The van der Waals surface area contributed by atoms with Crippen LogP contribution in [-0.4, -0.2) is 76.0 Å². The number of Topliss-reactive ketones (excluding diaryl/α,β-unsaturated/α-hetero) is 1. The number of rotatable bonds is 6. The standard InChI is InChI=1S/C21H24N4O4S/c1-13-20(30-14(2)23-13)18(26)16-17(15-5-3-4-6-22-15)25(21(28)19(16)27)8-7-24-9-11-29-12-10-24/h3-6,17,27H,7-12H2,1-2H3. The summed E-state index contributed by atoms with van der Waals surface area (Å²) >= 11 is 1.27. The lowest BCUT2D eigenvalue weighted by Crippen LogP contribution is -2.43. The number of thiazole rings is 1. The van der Waals surface area contributed by atoms with E-state index in [1.54, 1.807) is 30.2 Å². The Kier molecular flexibility index (Phi) is 5.94. The number of morpholine rings is 1. The summed E-state index contributed by atoms with van der Waals surface area (Å²) in [7, 11) is 0. The Morgan fingerprint density at radius 1 is 1.27 bits per heavy atom. The number of amides is 1. The molecule has 1 unspecified atom stereocenters. The van der Waals surface area contributed by atoms with Gasteiger partial charge in [-0.2, -0.15) is 0 Å². The first kappa shape index (κ1) is 20.6. The summed E-state index contributed by atoms with van der Waals surface area (Å²) < 4.78 is 5.38. The summed E-state index contributed by atoms with van der Waals surface area (Å²) in [5, 5.41) is 11.5. The summed E-state index contributed by atoms with van der Waals surface area (Å²) in [6.07, 6.45) is 1.62. The Morgan fingerprint density at radius 3 is 2.67 bits per heavy atom. The van der Waals surface area contributed by atoms with Gasteiger partial charge in [0.2, 0.25) is 5.78 Å². The van der Waals surface area contributed by atoms with Crippen molar-refractivity contribution in [2.75, 3.05) is 39.4 Å².